The van der Waals surface area contributed by atoms with E-state index in [0.29, 0.717) is 36.7 Å². The highest BCUT2D eigenvalue weighted by atomic mass is 19.1. The lowest BCUT2D eigenvalue weighted by atomic mass is 10.2. The maximum absolute atomic E-state index is 13.1. The number of hydrogen-bond acceptors (Lipinski definition) is 5. The molecule has 1 unspecified atom stereocenters. The van der Waals surface area contributed by atoms with Gasteiger partial charge in [-0.05, 0) is 18.2 Å². The predicted molar refractivity (Wildman–Crippen MR) is 93.4 cm³/mol. The summed E-state index contributed by atoms with van der Waals surface area (Å²) in [6, 6.07) is 9.36. The molecule has 0 radical (unpaired) electrons. The maximum atomic E-state index is 13.1. The number of aromatic nitrogens is 1. The second-order valence-corrected chi connectivity index (χ2v) is 5.74. The Kier molecular flexibility index (Phi) is 5.40. The van der Waals surface area contributed by atoms with Crippen molar-refractivity contribution in [3.63, 3.8) is 0 Å². The molecule has 1 saturated heterocycles. The Morgan fingerprint density at radius 2 is 2.04 bits per heavy atom. The number of amides is 2. The topological polar surface area (TPSA) is 72.9 Å². The van der Waals surface area contributed by atoms with Gasteiger partial charge in [0.05, 0.1) is 26.5 Å². The number of carbonyl (C=O) groups excluding carboxylic acids is 1. The molecule has 26 heavy (non-hydrogen) atoms. The van der Waals surface area contributed by atoms with Gasteiger partial charge in [-0.3, -0.25) is 0 Å². The first kappa shape index (κ1) is 17.8. The molecule has 1 fully saturated rings. The fourth-order valence-corrected chi connectivity index (χ4v) is 2.81. The number of urea groups is 1. The monoisotopic (exact) mass is 361 g/mol. The Bertz CT molecular complexity index is 787. The van der Waals surface area contributed by atoms with Crippen LogP contribution in [0, 0.1) is 5.95 Å². The number of ether oxygens (including phenoxy) is 3. The first-order valence-electron chi connectivity index (χ1n) is 8.17. The molecule has 2 heterocycles. The average molecular weight is 361 g/mol. The quantitative estimate of drug-likeness (QED) is 0.829. The van der Waals surface area contributed by atoms with Crippen LogP contribution < -0.4 is 19.5 Å². The van der Waals surface area contributed by atoms with Crippen molar-refractivity contribution in [2.75, 3.05) is 32.6 Å². The number of nitrogens with one attached hydrogen (secondary N) is 1. The summed E-state index contributed by atoms with van der Waals surface area (Å²) in [5, 5.41) is 2.82. The van der Waals surface area contributed by atoms with Crippen LogP contribution in [0.4, 0.5) is 14.9 Å². The SMILES string of the molecule is COc1cccc(NC(=O)N2CCC(Oc3cccc(F)n3)C2)c1OC. The third kappa shape index (κ3) is 3.96. The number of rotatable bonds is 5. The van der Waals surface area contributed by atoms with Crippen LogP contribution >= 0.6 is 0 Å². The van der Waals surface area contributed by atoms with Gasteiger partial charge in [0.15, 0.2) is 11.5 Å². The number of hydrogen-bond donors (Lipinski definition) is 1. The minimum Gasteiger partial charge on any atom is -0.493 e. The van der Waals surface area contributed by atoms with Crippen LogP contribution in [0.15, 0.2) is 36.4 Å². The van der Waals surface area contributed by atoms with Crippen LogP contribution in [0.2, 0.25) is 0 Å². The van der Waals surface area contributed by atoms with Crippen LogP contribution in [0.3, 0.4) is 0 Å². The highest BCUT2D eigenvalue weighted by Crippen LogP contribution is 2.35. The number of carbonyl (C=O) groups is 1. The number of benzene rings is 1. The van der Waals surface area contributed by atoms with Crippen molar-refractivity contribution < 1.29 is 23.4 Å². The number of para-hydroxylation sites is 1. The molecule has 0 aliphatic carbocycles. The molecule has 2 aromatic rings. The molecule has 1 aliphatic rings. The minimum atomic E-state index is -0.597. The summed E-state index contributed by atoms with van der Waals surface area (Å²) in [5.41, 5.74) is 0.521. The molecule has 0 saturated carbocycles. The normalized spacial score (nSPS) is 16.3. The Balaban J connectivity index is 1.61. The van der Waals surface area contributed by atoms with Gasteiger partial charge in [0.25, 0.3) is 0 Å². The Morgan fingerprint density at radius 1 is 1.23 bits per heavy atom. The van der Waals surface area contributed by atoms with Gasteiger partial charge in [0.1, 0.15) is 6.10 Å². The van der Waals surface area contributed by atoms with Crippen molar-refractivity contribution in [2.45, 2.75) is 12.5 Å². The first-order valence-corrected chi connectivity index (χ1v) is 8.17. The predicted octanol–water partition coefficient (Wildman–Crippen LogP) is 2.92. The Hall–Kier alpha value is -3.03. The van der Waals surface area contributed by atoms with Crippen molar-refractivity contribution in [1.82, 2.24) is 9.88 Å². The van der Waals surface area contributed by atoms with E-state index < -0.39 is 5.95 Å². The number of anilines is 1. The van der Waals surface area contributed by atoms with Gasteiger partial charge in [0, 0.05) is 19.0 Å². The van der Waals surface area contributed by atoms with Crippen LogP contribution in [0.25, 0.3) is 0 Å². The van der Waals surface area contributed by atoms with E-state index in [1.54, 1.807) is 29.2 Å². The molecule has 138 valence electrons. The number of likely N-dealkylation sites (tertiary alicyclic amines) is 1. The fourth-order valence-electron chi connectivity index (χ4n) is 2.81. The van der Waals surface area contributed by atoms with Crippen molar-refractivity contribution >= 4 is 11.7 Å². The largest absolute Gasteiger partial charge is 0.493 e. The Morgan fingerprint density at radius 3 is 2.77 bits per heavy atom. The molecular weight excluding hydrogens is 341 g/mol. The molecule has 1 aromatic carbocycles. The van der Waals surface area contributed by atoms with E-state index in [4.69, 9.17) is 14.2 Å². The van der Waals surface area contributed by atoms with E-state index in [2.05, 4.69) is 10.3 Å². The molecular formula is C18H20FN3O4. The van der Waals surface area contributed by atoms with E-state index in [-0.39, 0.29) is 18.0 Å². The second-order valence-electron chi connectivity index (χ2n) is 5.74. The third-order valence-corrected chi connectivity index (χ3v) is 4.05. The third-order valence-electron chi connectivity index (χ3n) is 4.05. The van der Waals surface area contributed by atoms with Gasteiger partial charge >= 0.3 is 6.03 Å². The minimum absolute atomic E-state index is 0.215. The Labute approximate surface area is 150 Å². The van der Waals surface area contributed by atoms with Crippen LogP contribution in [-0.2, 0) is 0 Å². The van der Waals surface area contributed by atoms with E-state index in [9.17, 15) is 9.18 Å². The lowest BCUT2D eigenvalue weighted by Gasteiger charge is -2.19. The van der Waals surface area contributed by atoms with E-state index in [0.717, 1.165) is 0 Å². The molecule has 1 aliphatic heterocycles. The molecule has 3 rings (SSSR count). The summed E-state index contributed by atoms with van der Waals surface area (Å²) in [4.78, 5) is 17.8. The zero-order valence-corrected chi connectivity index (χ0v) is 14.6. The van der Waals surface area contributed by atoms with Crippen LogP contribution in [0.1, 0.15) is 6.42 Å². The second kappa shape index (κ2) is 7.90. The van der Waals surface area contributed by atoms with Crippen LogP contribution in [-0.4, -0.2) is 49.3 Å². The lowest BCUT2D eigenvalue weighted by Crippen LogP contribution is -2.34. The van der Waals surface area contributed by atoms with Gasteiger partial charge in [-0.2, -0.15) is 9.37 Å². The van der Waals surface area contributed by atoms with E-state index in [1.807, 2.05) is 0 Å². The van der Waals surface area contributed by atoms with Crippen molar-refractivity contribution in [2.24, 2.45) is 0 Å². The highest BCUT2D eigenvalue weighted by molar-refractivity contribution is 5.91. The first-order chi connectivity index (χ1) is 12.6. The summed E-state index contributed by atoms with van der Waals surface area (Å²) < 4.78 is 29.3. The van der Waals surface area contributed by atoms with Gasteiger partial charge in [-0.25, -0.2) is 4.79 Å². The van der Waals surface area contributed by atoms with Crippen molar-refractivity contribution in [3.05, 3.63) is 42.3 Å². The lowest BCUT2D eigenvalue weighted by molar-refractivity contribution is 0.188. The molecule has 1 atom stereocenters. The molecule has 0 spiro atoms. The molecule has 2 amide bonds. The zero-order chi connectivity index (χ0) is 18.5. The van der Waals surface area contributed by atoms with E-state index >= 15 is 0 Å². The standard InChI is InChI=1S/C18H20FN3O4/c1-24-14-6-3-5-13(17(14)25-2)20-18(23)22-10-9-12(11-22)26-16-8-4-7-15(19)21-16/h3-8,12H,9-11H2,1-2H3,(H,20,23). The molecule has 7 nitrogen and oxygen atoms in total. The van der Waals surface area contributed by atoms with Crippen molar-refractivity contribution in [3.8, 4) is 17.4 Å². The zero-order valence-electron chi connectivity index (χ0n) is 14.6. The molecule has 0 bridgehead atoms. The maximum Gasteiger partial charge on any atom is 0.322 e. The summed E-state index contributed by atoms with van der Waals surface area (Å²) >= 11 is 0. The number of pyridine rings is 1. The van der Waals surface area contributed by atoms with Gasteiger partial charge in [-0.1, -0.05) is 12.1 Å². The molecule has 1 N–H and O–H groups in total. The van der Waals surface area contributed by atoms with E-state index in [1.165, 1.54) is 26.4 Å². The van der Waals surface area contributed by atoms with Gasteiger partial charge < -0.3 is 24.4 Å². The van der Waals surface area contributed by atoms with Crippen molar-refractivity contribution in [1.29, 1.82) is 0 Å². The number of methoxy groups -OCH3 is 2. The van der Waals surface area contributed by atoms with Crippen LogP contribution in [0.5, 0.6) is 17.4 Å². The number of halogens is 1. The molecule has 8 heteroatoms. The highest BCUT2D eigenvalue weighted by Gasteiger charge is 2.28. The summed E-state index contributed by atoms with van der Waals surface area (Å²) in [6.07, 6.45) is 0.406. The fraction of sp³-hybridized carbons (Fsp3) is 0.333. The number of nitrogens with zero attached hydrogens (tertiary/aromatic N) is 2. The smallest absolute Gasteiger partial charge is 0.322 e. The molecule has 1 aromatic heterocycles. The van der Waals surface area contributed by atoms with Gasteiger partial charge in [-0.15, -0.1) is 0 Å². The average Bonchev–Trinajstić information content (AvgIpc) is 3.10. The summed E-state index contributed by atoms with van der Waals surface area (Å²) in [7, 11) is 3.05. The van der Waals surface area contributed by atoms with Gasteiger partial charge in [0.2, 0.25) is 11.8 Å². The summed E-state index contributed by atoms with van der Waals surface area (Å²) in [5.74, 6) is 0.608. The summed E-state index contributed by atoms with van der Waals surface area (Å²) in [6.45, 7) is 0.911.